The van der Waals surface area contributed by atoms with E-state index in [2.05, 4.69) is 10.5 Å². The summed E-state index contributed by atoms with van der Waals surface area (Å²) in [5, 5.41) is 7.46. The van der Waals surface area contributed by atoms with Crippen LogP contribution in [-0.4, -0.2) is 23.6 Å². The van der Waals surface area contributed by atoms with E-state index in [1.165, 1.54) is 11.8 Å². The molecule has 0 saturated carbocycles. The third-order valence-electron chi connectivity index (χ3n) is 4.31. The van der Waals surface area contributed by atoms with Gasteiger partial charge < -0.3 is 14.6 Å². The molecule has 9 heteroatoms. The normalized spacial score (nSPS) is 11.7. The number of esters is 1. The van der Waals surface area contributed by atoms with Crippen LogP contribution in [0.4, 0.5) is 0 Å². The Kier molecular flexibility index (Phi) is 8.01. The largest absolute Gasteiger partial charge is 0.452 e. The fourth-order valence-electron chi connectivity index (χ4n) is 2.75. The number of thioether (sulfide) groups is 1. The highest BCUT2D eigenvalue weighted by molar-refractivity contribution is 7.98. The summed E-state index contributed by atoms with van der Waals surface area (Å²) >= 11 is 13.4. The molecule has 0 radical (unpaired) electrons. The zero-order valence-corrected chi connectivity index (χ0v) is 19.2. The van der Waals surface area contributed by atoms with E-state index in [0.717, 1.165) is 16.2 Å². The van der Waals surface area contributed by atoms with Crippen LogP contribution in [0.3, 0.4) is 0 Å². The van der Waals surface area contributed by atoms with E-state index in [4.69, 9.17) is 32.5 Å². The molecular weight excluding hydrogens is 459 g/mol. The molecule has 0 aliphatic carbocycles. The fourth-order valence-corrected chi connectivity index (χ4v) is 3.97. The van der Waals surface area contributed by atoms with Gasteiger partial charge in [-0.25, -0.2) is 4.79 Å². The quantitative estimate of drug-likeness (QED) is 0.334. The Bertz CT molecular complexity index is 1090. The lowest BCUT2D eigenvalue weighted by atomic mass is 10.1. The second kappa shape index (κ2) is 10.7. The Hall–Kier alpha value is -2.48. The molecule has 0 saturated heterocycles. The van der Waals surface area contributed by atoms with E-state index in [9.17, 15) is 9.59 Å². The van der Waals surface area contributed by atoms with Crippen molar-refractivity contribution in [3.8, 4) is 0 Å². The van der Waals surface area contributed by atoms with Crippen LogP contribution in [0, 0.1) is 6.92 Å². The van der Waals surface area contributed by atoms with Crippen molar-refractivity contribution in [2.24, 2.45) is 0 Å². The number of aryl methyl sites for hydroxylation is 1. The molecular formula is C22H20Cl2N2O4S. The van der Waals surface area contributed by atoms with Gasteiger partial charge in [-0.1, -0.05) is 46.6 Å². The minimum Gasteiger partial charge on any atom is -0.452 e. The van der Waals surface area contributed by atoms with Gasteiger partial charge in [0.1, 0.15) is 5.76 Å². The standard InChI is InChI=1S/C22H20Cl2N2O4S/c1-13-9-16(30-26-13)12-31-20-6-4-3-5-17(20)22(28)29-11-21(27)25-14(2)15-7-8-18(23)19(24)10-15/h3-10,14H,11-12H2,1-2H3,(H,25,27). The molecule has 0 bridgehead atoms. The number of nitrogens with one attached hydrogen (secondary N) is 1. The minimum absolute atomic E-state index is 0.325. The predicted octanol–water partition coefficient (Wildman–Crippen LogP) is 5.62. The molecule has 1 aromatic heterocycles. The fraction of sp³-hybridized carbons (Fsp3) is 0.227. The van der Waals surface area contributed by atoms with Gasteiger partial charge in [0.05, 0.1) is 33.1 Å². The SMILES string of the molecule is Cc1cc(CSc2ccccc2C(=O)OCC(=O)NC(C)c2ccc(Cl)c(Cl)c2)on1. The van der Waals surface area contributed by atoms with Crippen molar-refractivity contribution in [2.75, 3.05) is 6.61 Å². The molecule has 31 heavy (non-hydrogen) atoms. The smallest absolute Gasteiger partial charge is 0.339 e. The van der Waals surface area contributed by atoms with Gasteiger partial charge in [0.25, 0.3) is 5.91 Å². The first-order chi connectivity index (χ1) is 14.8. The summed E-state index contributed by atoms with van der Waals surface area (Å²) in [4.78, 5) is 25.5. The summed E-state index contributed by atoms with van der Waals surface area (Å²) < 4.78 is 10.4. The van der Waals surface area contributed by atoms with Gasteiger partial charge in [0.15, 0.2) is 6.61 Å². The van der Waals surface area contributed by atoms with E-state index < -0.39 is 18.5 Å². The molecule has 1 N–H and O–H groups in total. The van der Waals surface area contributed by atoms with E-state index in [0.29, 0.717) is 27.1 Å². The zero-order valence-electron chi connectivity index (χ0n) is 16.9. The number of carbonyl (C=O) groups excluding carboxylic acids is 2. The molecule has 0 aliphatic rings. The van der Waals surface area contributed by atoms with Crippen molar-refractivity contribution in [3.05, 3.63) is 81.2 Å². The Morgan fingerprint density at radius 3 is 2.65 bits per heavy atom. The lowest BCUT2D eigenvalue weighted by Gasteiger charge is -2.15. The van der Waals surface area contributed by atoms with Gasteiger partial charge in [-0.2, -0.15) is 0 Å². The number of halogens is 2. The number of aromatic nitrogens is 1. The number of hydrogen-bond acceptors (Lipinski definition) is 6. The Morgan fingerprint density at radius 2 is 1.94 bits per heavy atom. The van der Waals surface area contributed by atoms with E-state index in [-0.39, 0.29) is 6.04 Å². The van der Waals surface area contributed by atoms with Crippen molar-refractivity contribution in [2.45, 2.75) is 30.5 Å². The third-order valence-corrected chi connectivity index (χ3v) is 6.14. The van der Waals surface area contributed by atoms with Gasteiger partial charge in [0, 0.05) is 11.0 Å². The van der Waals surface area contributed by atoms with Crippen molar-refractivity contribution in [1.29, 1.82) is 0 Å². The first-order valence-corrected chi connectivity index (χ1v) is 11.1. The maximum Gasteiger partial charge on any atom is 0.339 e. The highest BCUT2D eigenvalue weighted by Crippen LogP contribution is 2.27. The summed E-state index contributed by atoms with van der Waals surface area (Å²) in [6.45, 7) is 3.25. The summed E-state index contributed by atoms with van der Waals surface area (Å²) in [6, 6.07) is 13.7. The summed E-state index contributed by atoms with van der Waals surface area (Å²) in [5.41, 5.74) is 1.97. The molecule has 1 atom stereocenters. The highest BCUT2D eigenvalue weighted by Gasteiger charge is 2.17. The molecule has 3 rings (SSSR count). The molecule has 3 aromatic rings. The van der Waals surface area contributed by atoms with Gasteiger partial charge in [-0.15, -0.1) is 11.8 Å². The monoisotopic (exact) mass is 478 g/mol. The lowest BCUT2D eigenvalue weighted by Crippen LogP contribution is -2.31. The van der Waals surface area contributed by atoms with Crippen LogP contribution < -0.4 is 5.32 Å². The molecule has 0 spiro atoms. The summed E-state index contributed by atoms with van der Waals surface area (Å²) in [6.07, 6.45) is 0. The van der Waals surface area contributed by atoms with Crippen LogP contribution in [0.15, 0.2) is 57.9 Å². The second-order valence-electron chi connectivity index (χ2n) is 6.76. The third kappa shape index (κ3) is 6.50. The van der Waals surface area contributed by atoms with Crippen molar-refractivity contribution < 1.29 is 18.8 Å². The van der Waals surface area contributed by atoms with E-state index in [1.807, 2.05) is 25.1 Å². The predicted molar refractivity (Wildman–Crippen MR) is 121 cm³/mol. The molecule has 1 heterocycles. The average molecular weight is 479 g/mol. The Labute approximate surface area is 194 Å². The minimum atomic E-state index is -0.575. The maximum absolute atomic E-state index is 12.5. The van der Waals surface area contributed by atoms with E-state index in [1.54, 1.807) is 37.3 Å². The van der Waals surface area contributed by atoms with Crippen LogP contribution in [0.1, 0.15) is 40.3 Å². The van der Waals surface area contributed by atoms with Crippen molar-refractivity contribution in [3.63, 3.8) is 0 Å². The molecule has 0 fully saturated rings. The molecule has 1 amide bonds. The Balaban J connectivity index is 1.55. The first kappa shape index (κ1) is 23.2. The van der Waals surface area contributed by atoms with Crippen LogP contribution in [0.2, 0.25) is 10.0 Å². The van der Waals surface area contributed by atoms with Crippen molar-refractivity contribution in [1.82, 2.24) is 10.5 Å². The number of amides is 1. The summed E-state index contributed by atoms with van der Waals surface area (Å²) in [7, 11) is 0. The highest BCUT2D eigenvalue weighted by atomic mass is 35.5. The molecule has 2 aromatic carbocycles. The second-order valence-corrected chi connectivity index (χ2v) is 8.59. The number of ether oxygens (including phenoxy) is 1. The zero-order chi connectivity index (χ0) is 22.4. The number of benzene rings is 2. The van der Waals surface area contributed by atoms with Gasteiger partial charge >= 0.3 is 5.97 Å². The first-order valence-electron chi connectivity index (χ1n) is 9.39. The van der Waals surface area contributed by atoms with Crippen LogP contribution in [0.5, 0.6) is 0 Å². The lowest BCUT2D eigenvalue weighted by molar-refractivity contribution is -0.124. The van der Waals surface area contributed by atoms with Crippen LogP contribution >= 0.6 is 35.0 Å². The number of rotatable bonds is 8. The summed E-state index contributed by atoms with van der Waals surface area (Å²) in [5.74, 6) is 0.233. The average Bonchev–Trinajstić information content (AvgIpc) is 3.17. The van der Waals surface area contributed by atoms with Crippen LogP contribution in [-0.2, 0) is 15.3 Å². The Morgan fingerprint density at radius 1 is 1.16 bits per heavy atom. The molecule has 162 valence electrons. The number of carbonyl (C=O) groups is 2. The molecule has 0 aliphatic heterocycles. The molecule has 6 nitrogen and oxygen atoms in total. The van der Waals surface area contributed by atoms with Crippen molar-refractivity contribution >= 4 is 46.8 Å². The topological polar surface area (TPSA) is 81.4 Å². The van der Waals surface area contributed by atoms with Gasteiger partial charge in [-0.3, -0.25) is 4.79 Å². The van der Waals surface area contributed by atoms with Crippen LogP contribution in [0.25, 0.3) is 0 Å². The maximum atomic E-state index is 12.5. The van der Waals surface area contributed by atoms with Gasteiger partial charge in [0.2, 0.25) is 0 Å². The number of hydrogen-bond donors (Lipinski definition) is 1. The number of nitrogens with zero attached hydrogens (tertiary/aromatic N) is 1. The molecule has 1 unspecified atom stereocenters. The van der Waals surface area contributed by atoms with Gasteiger partial charge in [-0.05, 0) is 43.7 Å². The van der Waals surface area contributed by atoms with E-state index >= 15 is 0 Å².